The van der Waals surface area contributed by atoms with Crippen molar-refractivity contribution in [2.45, 2.75) is 26.3 Å². The molecule has 2 aromatic carbocycles. The van der Waals surface area contributed by atoms with Crippen LogP contribution < -0.4 is 5.32 Å². The van der Waals surface area contributed by atoms with Crippen LogP contribution in [-0.2, 0) is 19.4 Å². The van der Waals surface area contributed by atoms with Crippen molar-refractivity contribution in [1.82, 2.24) is 25.5 Å². The van der Waals surface area contributed by atoms with Gasteiger partial charge in [0.1, 0.15) is 11.5 Å². The number of rotatable bonds is 3. The fourth-order valence-corrected chi connectivity index (χ4v) is 3.93. The normalized spacial score (nSPS) is 13.3. The Morgan fingerprint density at radius 3 is 2.73 bits per heavy atom. The summed E-state index contributed by atoms with van der Waals surface area (Å²) < 4.78 is 29.1. The van der Waals surface area contributed by atoms with Gasteiger partial charge in [0.25, 0.3) is 0 Å². The molecule has 4 N–H and O–H groups in total. The summed E-state index contributed by atoms with van der Waals surface area (Å²) in [6.45, 7) is 3.45. The topological polar surface area (TPSA) is 89.6 Å². The largest absolute Gasteiger partial charge is 0.505 e. The van der Waals surface area contributed by atoms with E-state index in [2.05, 4.69) is 25.5 Å². The van der Waals surface area contributed by atoms with Gasteiger partial charge >= 0.3 is 0 Å². The molecule has 0 saturated carbocycles. The maximum atomic E-state index is 15.2. The van der Waals surface area contributed by atoms with E-state index in [1.54, 1.807) is 6.07 Å². The number of fused-ring (bicyclic) bond motifs is 2. The number of aryl methyl sites for hydroxylation is 1. The minimum absolute atomic E-state index is 0. The number of imidazole rings is 1. The Kier molecular flexibility index (Phi) is 5.21. The minimum atomic E-state index is -0.738. The van der Waals surface area contributed by atoms with Gasteiger partial charge < -0.3 is 15.4 Å². The van der Waals surface area contributed by atoms with Crippen molar-refractivity contribution in [3.8, 4) is 28.4 Å². The van der Waals surface area contributed by atoms with Gasteiger partial charge in [-0.05, 0) is 47.4 Å². The molecule has 3 heterocycles. The maximum absolute atomic E-state index is 15.2. The molecule has 6 nitrogen and oxygen atoms in total. The molecule has 0 amide bonds. The highest BCUT2D eigenvalue weighted by atomic mass is 35.5. The van der Waals surface area contributed by atoms with Crippen LogP contribution in [0.3, 0.4) is 0 Å². The number of aromatic hydroxyl groups is 1. The quantitative estimate of drug-likeness (QED) is 0.390. The number of hydrogen-bond acceptors (Lipinski definition) is 4. The van der Waals surface area contributed by atoms with E-state index in [0.29, 0.717) is 46.5 Å². The molecule has 0 bridgehead atoms. The van der Waals surface area contributed by atoms with E-state index in [4.69, 9.17) is 0 Å². The average Bonchev–Trinajstić information content (AvgIpc) is 3.33. The third-order valence-corrected chi connectivity index (χ3v) is 5.41. The van der Waals surface area contributed by atoms with Crippen molar-refractivity contribution in [3.63, 3.8) is 0 Å². The number of halogens is 3. The van der Waals surface area contributed by atoms with Crippen LogP contribution in [0.1, 0.15) is 23.9 Å². The van der Waals surface area contributed by atoms with Gasteiger partial charge in [-0.3, -0.25) is 5.10 Å². The molecule has 1 aliphatic rings. The number of phenolic OH excluding ortho intramolecular Hbond substituents is 1. The van der Waals surface area contributed by atoms with Gasteiger partial charge in [-0.25, -0.2) is 13.8 Å². The second-order valence-corrected chi connectivity index (χ2v) is 7.20. The number of phenols is 1. The monoisotopic (exact) mass is 431 g/mol. The van der Waals surface area contributed by atoms with E-state index in [1.807, 2.05) is 6.92 Å². The predicted molar refractivity (Wildman–Crippen MR) is 113 cm³/mol. The zero-order valence-corrected chi connectivity index (χ0v) is 17.0. The van der Waals surface area contributed by atoms with E-state index in [0.717, 1.165) is 29.9 Å². The summed E-state index contributed by atoms with van der Waals surface area (Å²) in [5.41, 5.74) is 4.67. The lowest BCUT2D eigenvalue weighted by molar-refractivity contribution is 0.432. The first-order valence-corrected chi connectivity index (χ1v) is 9.53. The average molecular weight is 432 g/mol. The first-order valence-electron chi connectivity index (χ1n) is 9.53. The van der Waals surface area contributed by atoms with Crippen LogP contribution in [-0.4, -0.2) is 31.8 Å². The summed E-state index contributed by atoms with van der Waals surface area (Å²) in [6, 6.07) is 5.73. The highest BCUT2D eigenvalue weighted by Gasteiger charge is 2.21. The van der Waals surface area contributed by atoms with Crippen LogP contribution >= 0.6 is 12.4 Å². The van der Waals surface area contributed by atoms with Crippen molar-refractivity contribution >= 4 is 23.3 Å². The lowest BCUT2D eigenvalue weighted by Gasteiger charge is -2.10. The van der Waals surface area contributed by atoms with Crippen LogP contribution in [0, 0.1) is 11.6 Å². The summed E-state index contributed by atoms with van der Waals surface area (Å²) in [4.78, 5) is 7.83. The number of H-pyrrole nitrogens is 2. The Bertz CT molecular complexity index is 1230. The molecule has 5 rings (SSSR count). The molecule has 0 aliphatic carbocycles. The molecule has 0 spiro atoms. The van der Waals surface area contributed by atoms with Crippen molar-refractivity contribution in [2.24, 2.45) is 0 Å². The third kappa shape index (κ3) is 3.22. The zero-order chi connectivity index (χ0) is 20.1. The van der Waals surface area contributed by atoms with E-state index in [1.165, 1.54) is 18.2 Å². The highest BCUT2D eigenvalue weighted by molar-refractivity contribution is 5.94. The van der Waals surface area contributed by atoms with Crippen LogP contribution in [0.5, 0.6) is 5.75 Å². The van der Waals surface area contributed by atoms with Crippen LogP contribution in [0.2, 0.25) is 0 Å². The molecule has 9 heteroatoms. The van der Waals surface area contributed by atoms with E-state index in [-0.39, 0.29) is 12.4 Å². The number of hydrogen-bond donors (Lipinski definition) is 4. The first kappa shape index (κ1) is 20.3. The van der Waals surface area contributed by atoms with E-state index < -0.39 is 17.4 Å². The van der Waals surface area contributed by atoms with Crippen molar-refractivity contribution in [2.75, 3.05) is 6.54 Å². The van der Waals surface area contributed by atoms with Gasteiger partial charge in [0.05, 0.1) is 22.3 Å². The Morgan fingerprint density at radius 2 is 1.97 bits per heavy atom. The fourth-order valence-electron chi connectivity index (χ4n) is 3.93. The molecule has 1 aliphatic heterocycles. The molecule has 0 radical (unpaired) electrons. The Balaban J connectivity index is 0.00000218. The number of nitrogens with zero attached hydrogens (tertiary/aromatic N) is 2. The molecule has 0 unspecified atom stereocenters. The molecular formula is C21H20ClF2N5O. The zero-order valence-electron chi connectivity index (χ0n) is 16.1. The third-order valence-electron chi connectivity index (χ3n) is 5.41. The lowest BCUT2D eigenvalue weighted by atomic mass is 9.96. The van der Waals surface area contributed by atoms with Crippen molar-refractivity contribution in [3.05, 3.63) is 52.9 Å². The van der Waals surface area contributed by atoms with Gasteiger partial charge in [0.2, 0.25) is 0 Å². The van der Waals surface area contributed by atoms with Crippen LogP contribution in [0.15, 0.2) is 24.3 Å². The predicted octanol–water partition coefficient (Wildman–Crippen LogP) is 4.23. The SMILES string of the molecule is CCc1cc(O)c(F)cc1-c1cc(F)c2c(-c3nc4c([nH]3)CNCC4)n[nH]c2c1.Cl. The van der Waals surface area contributed by atoms with Crippen LogP contribution in [0.4, 0.5) is 8.78 Å². The summed E-state index contributed by atoms with van der Waals surface area (Å²) >= 11 is 0. The first-order chi connectivity index (χ1) is 14.0. The molecule has 4 aromatic rings. The van der Waals surface area contributed by atoms with Crippen molar-refractivity contribution < 1.29 is 13.9 Å². The summed E-state index contributed by atoms with van der Waals surface area (Å²) in [5.74, 6) is -1.09. The standard InChI is InChI=1S/C21H19F2N5O.ClH/c1-2-10-7-18(29)13(22)8-12(10)11-5-14(23)19-16(6-11)27-28-20(19)21-25-15-3-4-24-9-17(15)26-21;/h5-8,24,29H,2-4,9H2,1H3,(H,25,26)(H,27,28);1H. The van der Waals surface area contributed by atoms with Crippen molar-refractivity contribution in [1.29, 1.82) is 0 Å². The number of benzene rings is 2. The molecular weight excluding hydrogens is 412 g/mol. The summed E-state index contributed by atoms with van der Waals surface area (Å²) in [5, 5.41) is 20.4. The molecule has 0 fully saturated rings. The maximum Gasteiger partial charge on any atom is 0.165 e. The fraction of sp³-hybridized carbons (Fsp3) is 0.238. The van der Waals surface area contributed by atoms with E-state index in [9.17, 15) is 9.50 Å². The van der Waals surface area contributed by atoms with Gasteiger partial charge in [-0.15, -0.1) is 12.4 Å². The highest BCUT2D eigenvalue weighted by Crippen LogP contribution is 2.35. The van der Waals surface area contributed by atoms with Crippen LogP contribution in [0.25, 0.3) is 33.5 Å². The Labute approximate surface area is 177 Å². The Hall–Kier alpha value is -2.97. The van der Waals surface area contributed by atoms with Gasteiger partial charge in [0, 0.05) is 19.5 Å². The van der Waals surface area contributed by atoms with Gasteiger partial charge in [0.15, 0.2) is 17.4 Å². The second-order valence-electron chi connectivity index (χ2n) is 7.20. The molecule has 0 atom stereocenters. The summed E-state index contributed by atoms with van der Waals surface area (Å²) in [6.07, 6.45) is 1.38. The lowest BCUT2D eigenvalue weighted by Crippen LogP contribution is -2.23. The van der Waals surface area contributed by atoms with Gasteiger partial charge in [-0.1, -0.05) is 6.92 Å². The van der Waals surface area contributed by atoms with Gasteiger partial charge in [-0.2, -0.15) is 5.10 Å². The number of aromatic nitrogens is 4. The summed E-state index contributed by atoms with van der Waals surface area (Å²) in [7, 11) is 0. The van der Waals surface area contributed by atoms with E-state index >= 15 is 4.39 Å². The molecule has 2 aromatic heterocycles. The number of nitrogens with one attached hydrogen (secondary N) is 3. The minimum Gasteiger partial charge on any atom is -0.505 e. The molecule has 30 heavy (non-hydrogen) atoms. The molecule has 156 valence electrons. The smallest absolute Gasteiger partial charge is 0.165 e. The molecule has 0 saturated heterocycles. The second kappa shape index (κ2) is 7.70. The number of aromatic amines is 2. The Morgan fingerprint density at radius 1 is 1.13 bits per heavy atom.